The molecule has 5 aliphatic rings. The molecular formula is C55H72F4N18O. The van der Waals surface area contributed by atoms with E-state index in [-0.39, 0.29) is 75.8 Å². The highest BCUT2D eigenvalue weighted by Crippen LogP contribution is 2.48. The highest BCUT2D eigenvalue weighted by Gasteiger charge is 2.51. The average Bonchev–Trinajstić information content (AvgIpc) is 3.85. The van der Waals surface area contributed by atoms with E-state index in [9.17, 15) is 9.18 Å². The Morgan fingerprint density at radius 1 is 0.705 bits per heavy atom. The SMILES string of the molecule is Cc1nnnn1-c1cc(Nc2ncc(F)c(NC3CC(C)(C)N4CC(CCC(C)CCC5CC6C(C)C(Nc7nc(Nc8cc(-n9nnn(C)c9=O)c(C9CC9)cc8F)ncc7F)CC(C)(C)N6C5)CC4C3C)n2)ccc1F. The first-order valence-corrected chi connectivity index (χ1v) is 27.7. The van der Waals surface area contributed by atoms with Crippen LogP contribution in [-0.4, -0.2) is 118 Å². The number of aryl methyl sites for hydroxylation is 2. The molecule has 4 N–H and O–H groups in total. The first-order chi connectivity index (χ1) is 37.2. The molecule has 4 aromatic heterocycles. The predicted octanol–water partition coefficient (Wildman–Crippen LogP) is 9.23. The highest BCUT2D eigenvalue weighted by molar-refractivity contribution is 5.63. The fourth-order valence-corrected chi connectivity index (χ4v) is 13.4. The van der Waals surface area contributed by atoms with Gasteiger partial charge in [0.2, 0.25) is 11.9 Å². The second kappa shape index (κ2) is 20.9. The van der Waals surface area contributed by atoms with E-state index in [4.69, 9.17) is 0 Å². The van der Waals surface area contributed by atoms with Gasteiger partial charge in [-0.3, -0.25) is 9.80 Å². The molecule has 78 heavy (non-hydrogen) atoms. The number of aromatic nitrogens is 12. The van der Waals surface area contributed by atoms with E-state index in [0.29, 0.717) is 52.6 Å². The molecule has 1 saturated carbocycles. The molecule has 416 valence electrons. The van der Waals surface area contributed by atoms with E-state index >= 15 is 13.2 Å². The summed E-state index contributed by atoms with van der Waals surface area (Å²) in [5.41, 5.74) is 1.13. The first-order valence-electron chi connectivity index (χ1n) is 27.7. The number of benzene rings is 2. The van der Waals surface area contributed by atoms with Gasteiger partial charge in [-0.2, -0.15) is 24.0 Å². The number of fused-ring (bicyclic) bond motifs is 2. The van der Waals surface area contributed by atoms with Crippen molar-refractivity contribution in [3.8, 4) is 11.4 Å². The standard InChI is InChI=1S/C55H72F4N18O/c1-29(10-12-33-18-45-30(2)43(23-54(5,6)74(45)27-33)63-49-40(58)25-60-51(66-49)62-36-16-17-38(56)48(20-36)76-32(4)68-69-70-76)11-13-34-19-46-31(3)44(24-55(7,8)75(46)28-34)64-50-41(59)26-61-52(67-50)65-42-22-47(77-53(78)73(9)71-72-77)37(21-39(42)57)35-14-15-35/h16-17,20-22,25-26,29-31,33-35,43-46H,10-15,18-19,23-24,27-28H2,1-9H3,(H2,60,62,63,66)(H2,61,64,65,67). The summed E-state index contributed by atoms with van der Waals surface area (Å²) in [5.74, 6) is 0.973. The molecule has 4 aliphatic heterocycles. The van der Waals surface area contributed by atoms with Crippen molar-refractivity contribution in [3.05, 3.63) is 87.9 Å². The lowest BCUT2D eigenvalue weighted by molar-refractivity contribution is 0.0154. The summed E-state index contributed by atoms with van der Waals surface area (Å²) in [5, 5.41) is 32.2. The van der Waals surface area contributed by atoms with Gasteiger partial charge < -0.3 is 21.3 Å². The van der Waals surface area contributed by atoms with Gasteiger partial charge in [-0.05, 0) is 178 Å². The molecular weight excluding hydrogens is 1000 g/mol. The quantitative estimate of drug-likeness (QED) is 0.0629. The lowest BCUT2D eigenvalue weighted by Crippen LogP contribution is -2.59. The molecule has 1 aliphatic carbocycles. The molecule has 19 nitrogen and oxygen atoms in total. The highest BCUT2D eigenvalue weighted by atomic mass is 19.1. The second-order valence-corrected chi connectivity index (χ2v) is 24.5. The zero-order chi connectivity index (χ0) is 54.9. The minimum atomic E-state index is -0.590. The summed E-state index contributed by atoms with van der Waals surface area (Å²) in [6.45, 7) is 19.9. The van der Waals surface area contributed by atoms with Crippen molar-refractivity contribution in [2.45, 2.75) is 161 Å². The minimum absolute atomic E-state index is 0.0148. The zero-order valence-electron chi connectivity index (χ0n) is 46.0. The molecule has 2 aromatic carbocycles. The number of rotatable bonds is 17. The lowest BCUT2D eigenvalue weighted by atomic mass is 9.77. The molecule has 0 spiro atoms. The number of nitrogens with zero attached hydrogens (tertiary/aromatic N) is 14. The third kappa shape index (κ3) is 10.7. The summed E-state index contributed by atoms with van der Waals surface area (Å²) < 4.78 is 65.0. The summed E-state index contributed by atoms with van der Waals surface area (Å²) in [4.78, 5) is 35.6. The van der Waals surface area contributed by atoms with Gasteiger partial charge >= 0.3 is 5.69 Å². The molecule has 11 rings (SSSR count). The summed E-state index contributed by atoms with van der Waals surface area (Å²) in [6, 6.07) is 7.96. The van der Waals surface area contributed by atoms with Crippen LogP contribution in [0.25, 0.3) is 11.4 Å². The van der Waals surface area contributed by atoms with Crippen LogP contribution in [0.2, 0.25) is 0 Å². The van der Waals surface area contributed by atoms with Crippen molar-refractivity contribution in [3.63, 3.8) is 0 Å². The monoisotopic (exact) mass is 1080 g/mol. The van der Waals surface area contributed by atoms with Crippen LogP contribution in [0, 0.1) is 59.8 Å². The number of anilines is 6. The molecule has 0 radical (unpaired) electrons. The van der Waals surface area contributed by atoms with Crippen LogP contribution < -0.4 is 27.0 Å². The van der Waals surface area contributed by atoms with Gasteiger partial charge in [-0.25, -0.2) is 32.3 Å². The van der Waals surface area contributed by atoms with Crippen LogP contribution in [0.3, 0.4) is 0 Å². The minimum Gasteiger partial charge on any atom is -0.364 e. The largest absolute Gasteiger partial charge is 0.368 e. The van der Waals surface area contributed by atoms with Crippen molar-refractivity contribution >= 4 is 34.9 Å². The second-order valence-electron chi connectivity index (χ2n) is 24.5. The summed E-state index contributed by atoms with van der Waals surface area (Å²) >= 11 is 0. The van der Waals surface area contributed by atoms with Crippen LogP contribution in [0.1, 0.15) is 130 Å². The fourth-order valence-electron chi connectivity index (χ4n) is 13.4. The van der Waals surface area contributed by atoms with Crippen molar-refractivity contribution < 1.29 is 17.6 Å². The van der Waals surface area contributed by atoms with Crippen LogP contribution in [0.4, 0.5) is 52.5 Å². The van der Waals surface area contributed by atoms with Crippen molar-refractivity contribution in [1.82, 2.24) is 69.7 Å². The van der Waals surface area contributed by atoms with Crippen LogP contribution >= 0.6 is 0 Å². The predicted molar refractivity (Wildman–Crippen MR) is 288 cm³/mol. The Hall–Kier alpha value is -6.62. The van der Waals surface area contributed by atoms with Crippen LogP contribution in [0.15, 0.2) is 47.5 Å². The van der Waals surface area contributed by atoms with Gasteiger partial charge in [0.25, 0.3) is 0 Å². The Balaban J connectivity index is 0.671. The maximum absolute atomic E-state index is 15.7. The van der Waals surface area contributed by atoms with E-state index < -0.39 is 29.0 Å². The van der Waals surface area contributed by atoms with Gasteiger partial charge in [0, 0.05) is 61.1 Å². The number of halogens is 4. The first kappa shape index (κ1) is 53.4. The Bertz CT molecular complexity index is 3230. The Morgan fingerprint density at radius 2 is 1.28 bits per heavy atom. The number of nitrogens with one attached hydrogen (secondary N) is 4. The molecule has 0 bridgehead atoms. The van der Waals surface area contributed by atoms with Crippen LogP contribution in [-0.2, 0) is 7.05 Å². The molecule has 9 unspecified atom stereocenters. The Kier molecular flexibility index (Phi) is 14.3. The fraction of sp³-hybridized carbons (Fsp3) is 0.600. The van der Waals surface area contributed by atoms with E-state index in [1.165, 1.54) is 53.9 Å². The van der Waals surface area contributed by atoms with Gasteiger partial charge in [-0.15, -0.1) is 5.10 Å². The van der Waals surface area contributed by atoms with Gasteiger partial charge in [0.15, 0.2) is 29.1 Å². The van der Waals surface area contributed by atoms with E-state index in [0.717, 1.165) is 75.1 Å². The lowest BCUT2D eigenvalue weighted by Gasteiger charge is -2.51. The topological polar surface area (TPSA) is 202 Å². The third-order valence-electron chi connectivity index (χ3n) is 18.0. The smallest absolute Gasteiger partial charge is 0.364 e. The molecule has 5 fully saturated rings. The normalized spacial score (nSPS) is 26.1. The maximum Gasteiger partial charge on any atom is 0.368 e. The van der Waals surface area contributed by atoms with Gasteiger partial charge in [-0.1, -0.05) is 33.6 Å². The van der Waals surface area contributed by atoms with E-state index in [2.05, 4.69) is 125 Å². The van der Waals surface area contributed by atoms with Gasteiger partial charge in [0.1, 0.15) is 17.3 Å². The third-order valence-corrected chi connectivity index (χ3v) is 18.0. The summed E-state index contributed by atoms with van der Waals surface area (Å²) in [7, 11) is 1.51. The average molecular weight is 1080 g/mol. The van der Waals surface area contributed by atoms with E-state index in [1.54, 1.807) is 19.1 Å². The Labute approximate surface area is 451 Å². The van der Waals surface area contributed by atoms with Crippen molar-refractivity contribution in [2.75, 3.05) is 34.4 Å². The zero-order valence-corrected chi connectivity index (χ0v) is 46.0. The van der Waals surface area contributed by atoms with Gasteiger partial charge in [0.05, 0.1) is 23.8 Å². The molecule has 9 atom stereocenters. The molecule has 6 aromatic rings. The maximum atomic E-state index is 15.7. The van der Waals surface area contributed by atoms with Crippen molar-refractivity contribution in [1.29, 1.82) is 0 Å². The number of hydrogen-bond acceptors (Lipinski definition) is 16. The number of piperidine rings is 2. The number of hydrogen-bond donors (Lipinski definition) is 4. The molecule has 0 amide bonds. The van der Waals surface area contributed by atoms with Crippen LogP contribution in [0.5, 0.6) is 0 Å². The number of tetrazole rings is 2. The van der Waals surface area contributed by atoms with Crippen molar-refractivity contribution in [2.24, 2.45) is 36.6 Å². The molecule has 8 heterocycles. The molecule has 4 saturated heterocycles. The summed E-state index contributed by atoms with van der Waals surface area (Å²) in [6.07, 6.45) is 12.5. The van der Waals surface area contributed by atoms with E-state index in [1.807, 2.05) is 0 Å². The molecule has 23 heteroatoms. The Morgan fingerprint density at radius 3 is 1.81 bits per heavy atom.